The number of para-hydroxylation sites is 1. The summed E-state index contributed by atoms with van der Waals surface area (Å²) in [6.45, 7) is 2.60. The van der Waals surface area contributed by atoms with E-state index < -0.39 is 0 Å². The van der Waals surface area contributed by atoms with Gasteiger partial charge in [-0.15, -0.1) is 0 Å². The van der Waals surface area contributed by atoms with E-state index in [2.05, 4.69) is 16.0 Å². The zero-order chi connectivity index (χ0) is 18.6. The Bertz CT molecular complexity index is 1140. The van der Waals surface area contributed by atoms with Crippen molar-refractivity contribution in [3.63, 3.8) is 0 Å². The SMILES string of the molecule is CCOc1ccccc1-c1ccc(-c2nc3cnccc3cc2C#N)cc1. The van der Waals surface area contributed by atoms with Gasteiger partial charge in [0.25, 0.3) is 0 Å². The maximum absolute atomic E-state index is 9.55. The Morgan fingerprint density at radius 3 is 2.56 bits per heavy atom. The van der Waals surface area contributed by atoms with Gasteiger partial charge in [0.05, 0.1) is 29.6 Å². The van der Waals surface area contributed by atoms with Gasteiger partial charge in [-0.3, -0.25) is 4.98 Å². The van der Waals surface area contributed by atoms with Gasteiger partial charge in [0.2, 0.25) is 0 Å². The molecule has 0 saturated heterocycles. The number of ether oxygens (including phenoxy) is 1. The average molecular weight is 351 g/mol. The van der Waals surface area contributed by atoms with E-state index in [9.17, 15) is 5.26 Å². The molecule has 2 aromatic carbocycles. The molecule has 0 unspecified atom stereocenters. The second kappa shape index (κ2) is 7.27. The number of rotatable bonds is 4. The van der Waals surface area contributed by atoms with Crippen molar-refractivity contribution in [1.29, 1.82) is 5.26 Å². The minimum Gasteiger partial charge on any atom is -0.493 e. The van der Waals surface area contributed by atoms with Crippen LogP contribution in [0, 0.1) is 11.3 Å². The lowest BCUT2D eigenvalue weighted by Crippen LogP contribution is -1.94. The van der Waals surface area contributed by atoms with Crippen LogP contribution in [0.2, 0.25) is 0 Å². The molecule has 0 spiro atoms. The van der Waals surface area contributed by atoms with Gasteiger partial charge in [-0.2, -0.15) is 5.26 Å². The lowest BCUT2D eigenvalue weighted by Gasteiger charge is -2.11. The first-order valence-corrected chi connectivity index (χ1v) is 8.77. The lowest BCUT2D eigenvalue weighted by molar-refractivity contribution is 0.341. The third-order valence-corrected chi connectivity index (χ3v) is 4.40. The highest BCUT2D eigenvalue weighted by Crippen LogP contribution is 2.32. The molecule has 4 nitrogen and oxygen atoms in total. The van der Waals surface area contributed by atoms with Crippen molar-refractivity contribution in [2.45, 2.75) is 6.92 Å². The number of pyridine rings is 2. The summed E-state index contributed by atoms with van der Waals surface area (Å²) < 4.78 is 5.73. The molecule has 0 aliphatic rings. The van der Waals surface area contributed by atoms with E-state index in [1.165, 1.54) is 0 Å². The molecule has 0 aliphatic heterocycles. The first-order chi connectivity index (χ1) is 13.3. The van der Waals surface area contributed by atoms with Crippen LogP contribution in [0.3, 0.4) is 0 Å². The standard InChI is InChI=1S/C23H17N3O/c1-2-27-22-6-4-3-5-20(22)16-7-9-17(10-8-16)23-19(14-24)13-18-11-12-25-15-21(18)26-23/h3-13,15H,2H2,1H3. The van der Waals surface area contributed by atoms with Gasteiger partial charge in [-0.25, -0.2) is 4.98 Å². The van der Waals surface area contributed by atoms with Gasteiger partial charge < -0.3 is 4.74 Å². The van der Waals surface area contributed by atoms with Crippen molar-refractivity contribution in [2.24, 2.45) is 0 Å². The minimum atomic E-state index is 0.552. The summed E-state index contributed by atoms with van der Waals surface area (Å²) in [5.74, 6) is 0.861. The van der Waals surface area contributed by atoms with Crippen molar-refractivity contribution in [3.8, 4) is 34.2 Å². The molecule has 4 heteroatoms. The van der Waals surface area contributed by atoms with E-state index in [1.807, 2.05) is 67.6 Å². The normalized spacial score (nSPS) is 10.5. The largest absolute Gasteiger partial charge is 0.493 e. The van der Waals surface area contributed by atoms with Gasteiger partial charge in [0.1, 0.15) is 11.8 Å². The zero-order valence-corrected chi connectivity index (χ0v) is 14.9. The molecule has 4 rings (SSSR count). The van der Waals surface area contributed by atoms with E-state index in [1.54, 1.807) is 12.4 Å². The Morgan fingerprint density at radius 1 is 1.00 bits per heavy atom. The fourth-order valence-electron chi connectivity index (χ4n) is 3.12. The fraction of sp³-hybridized carbons (Fsp3) is 0.0870. The van der Waals surface area contributed by atoms with Crippen LogP contribution in [0.5, 0.6) is 5.75 Å². The Kier molecular flexibility index (Phi) is 4.51. The lowest BCUT2D eigenvalue weighted by atomic mass is 9.99. The van der Waals surface area contributed by atoms with Gasteiger partial charge in [-0.05, 0) is 30.7 Å². The van der Waals surface area contributed by atoms with Crippen LogP contribution in [-0.4, -0.2) is 16.6 Å². The summed E-state index contributed by atoms with van der Waals surface area (Å²) in [6, 6.07) is 22.0. The van der Waals surface area contributed by atoms with Gasteiger partial charge in [0, 0.05) is 22.7 Å². The van der Waals surface area contributed by atoms with Crippen LogP contribution in [0.4, 0.5) is 0 Å². The smallest absolute Gasteiger partial charge is 0.127 e. The third-order valence-electron chi connectivity index (χ3n) is 4.40. The molecule has 0 saturated carbocycles. The van der Waals surface area contributed by atoms with Crippen molar-refractivity contribution in [2.75, 3.05) is 6.61 Å². The fourth-order valence-corrected chi connectivity index (χ4v) is 3.12. The van der Waals surface area contributed by atoms with E-state index in [0.29, 0.717) is 17.9 Å². The first kappa shape index (κ1) is 16.7. The monoisotopic (exact) mass is 351 g/mol. The maximum Gasteiger partial charge on any atom is 0.127 e. The predicted octanol–water partition coefficient (Wildman–Crippen LogP) is 5.23. The Balaban J connectivity index is 1.77. The number of benzene rings is 2. The maximum atomic E-state index is 9.55. The number of nitrogens with zero attached hydrogens (tertiary/aromatic N) is 3. The molecule has 27 heavy (non-hydrogen) atoms. The zero-order valence-electron chi connectivity index (χ0n) is 14.9. The highest BCUT2D eigenvalue weighted by Gasteiger charge is 2.11. The second-order valence-electron chi connectivity index (χ2n) is 6.07. The quantitative estimate of drug-likeness (QED) is 0.505. The van der Waals surface area contributed by atoms with E-state index >= 15 is 0 Å². The minimum absolute atomic E-state index is 0.552. The molecule has 0 amide bonds. The summed E-state index contributed by atoms with van der Waals surface area (Å²) in [6.07, 6.45) is 3.42. The van der Waals surface area contributed by atoms with Crippen LogP contribution in [0.15, 0.2) is 73.1 Å². The van der Waals surface area contributed by atoms with Crippen molar-refractivity contribution >= 4 is 10.9 Å². The topological polar surface area (TPSA) is 58.8 Å². The van der Waals surface area contributed by atoms with Crippen LogP contribution >= 0.6 is 0 Å². The number of nitriles is 1. The average Bonchev–Trinajstić information content (AvgIpc) is 2.73. The van der Waals surface area contributed by atoms with Gasteiger partial charge >= 0.3 is 0 Å². The number of hydrogen-bond donors (Lipinski definition) is 0. The van der Waals surface area contributed by atoms with Gasteiger partial charge in [-0.1, -0.05) is 42.5 Å². The number of hydrogen-bond acceptors (Lipinski definition) is 4. The highest BCUT2D eigenvalue weighted by molar-refractivity contribution is 5.84. The third kappa shape index (κ3) is 3.23. The van der Waals surface area contributed by atoms with Crippen LogP contribution in [0.1, 0.15) is 12.5 Å². The molecule has 4 aromatic rings. The molecular weight excluding hydrogens is 334 g/mol. The predicted molar refractivity (Wildman–Crippen MR) is 106 cm³/mol. The second-order valence-corrected chi connectivity index (χ2v) is 6.07. The first-order valence-electron chi connectivity index (χ1n) is 8.77. The summed E-state index contributed by atoms with van der Waals surface area (Å²) in [4.78, 5) is 8.78. The summed E-state index contributed by atoms with van der Waals surface area (Å²) in [5.41, 5.74) is 5.00. The molecule has 130 valence electrons. The van der Waals surface area contributed by atoms with Gasteiger partial charge in [0.15, 0.2) is 0 Å². The van der Waals surface area contributed by atoms with E-state index in [0.717, 1.165) is 33.3 Å². The molecule has 0 bridgehead atoms. The van der Waals surface area contributed by atoms with Crippen LogP contribution in [-0.2, 0) is 0 Å². The Hall–Kier alpha value is -3.71. The molecule has 0 fully saturated rings. The number of fused-ring (bicyclic) bond motifs is 1. The van der Waals surface area contributed by atoms with E-state index in [-0.39, 0.29) is 0 Å². The molecule has 0 aliphatic carbocycles. The molecule has 2 aromatic heterocycles. The van der Waals surface area contributed by atoms with Crippen molar-refractivity contribution in [1.82, 2.24) is 9.97 Å². The molecule has 0 atom stereocenters. The van der Waals surface area contributed by atoms with Crippen LogP contribution in [0.25, 0.3) is 33.3 Å². The molecule has 0 radical (unpaired) electrons. The molecule has 2 heterocycles. The van der Waals surface area contributed by atoms with Crippen LogP contribution < -0.4 is 4.74 Å². The molecular formula is C23H17N3O. The molecule has 0 N–H and O–H groups in total. The summed E-state index contributed by atoms with van der Waals surface area (Å²) in [5, 5.41) is 10.5. The summed E-state index contributed by atoms with van der Waals surface area (Å²) >= 11 is 0. The van der Waals surface area contributed by atoms with Crippen molar-refractivity contribution in [3.05, 3.63) is 78.6 Å². The highest BCUT2D eigenvalue weighted by atomic mass is 16.5. The Morgan fingerprint density at radius 2 is 1.78 bits per heavy atom. The summed E-state index contributed by atoms with van der Waals surface area (Å²) in [7, 11) is 0. The number of aromatic nitrogens is 2. The van der Waals surface area contributed by atoms with E-state index in [4.69, 9.17) is 4.74 Å². The Labute approximate surface area is 157 Å². The van der Waals surface area contributed by atoms with Crippen molar-refractivity contribution < 1.29 is 4.74 Å².